The molecule has 2 amide bonds. The topological polar surface area (TPSA) is 135 Å². The number of nitrogens with one attached hydrogen (secondary N) is 2. The summed E-state index contributed by atoms with van der Waals surface area (Å²) in [4.78, 5) is 39.8. The van der Waals surface area contributed by atoms with Gasteiger partial charge in [0.25, 0.3) is 5.91 Å². The average Bonchev–Trinajstić information content (AvgIpc) is 2.89. The molecule has 10 heteroatoms. The number of morpholine rings is 1. The zero-order valence-corrected chi connectivity index (χ0v) is 20.2. The summed E-state index contributed by atoms with van der Waals surface area (Å²) in [5.74, 6) is 0.435. The second-order valence-electron chi connectivity index (χ2n) is 8.32. The lowest BCUT2D eigenvalue weighted by atomic mass is 10.1. The first-order valence-electron chi connectivity index (χ1n) is 11.7. The number of aryl methyl sites for hydroxylation is 1. The van der Waals surface area contributed by atoms with E-state index < -0.39 is 0 Å². The van der Waals surface area contributed by atoms with Gasteiger partial charge in [-0.2, -0.15) is 0 Å². The number of anilines is 3. The maximum absolute atomic E-state index is 13.1. The fourth-order valence-electron chi connectivity index (χ4n) is 3.85. The number of nitrogens with zero attached hydrogens (tertiary/aromatic N) is 4. The van der Waals surface area contributed by atoms with Crippen molar-refractivity contribution in [1.82, 2.24) is 20.3 Å². The van der Waals surface area contributed by atoms with Crippen LogP contribution in [0, 0.1) is 6.92 Å². The summed E-state index contributed by atoms with van der Waals surface area (Å²) in [6.45, 7) is 8.32. The molecule has 2 aromatic heterocycles. The molecule has 0 radical (unpaired) electrons. The maximum atomic E-state index is 13.1. The molecule has 0 atom stereocenters. The molecule has 1 aliphatic heterocycles. The van der Waals surface area contributed by atoms with Gasteiger partial charge >= 0.3 is 0 Å². The minimum atomic E-state index is -0.260. The summed E-state index contributed by atoms with van der Waals surface area (Å²) >= 11 is 0. The van der Waals surface area contributed by atoms with Crippen LogP contribution in [0.5, 0.6) is 0 Å². The van der Waals surface area contributed by atoms with Crippen molar-refractivity contribution in [3.8, 4) is 11.3 Å². The standard InChI is InChI=1S/C26H29N7O3/c1-3-24(34)31-20-6-4-18(5-7-20)8-9-28-25(35)19-14-22(21-16-29-26(27)30-17(21)2)32-23(15-19)33-10-12-36-13-11-33/h3-7,14-16H,1,8-13H2,2H3,(H,28,35)(H,31,34)(H2,27,29,30). The molecule has 0 saturated carbocycles. The van der Waals surface area contributed by atoms with Crippen molar-refractivity contribution in [2.45, 2.75) is 13.3 Å². The summed E-state index contributed by atoms with van der Waals surface area (Å²) in [6.07, 6.45) is 3.49. The van der Waals surface area contributed by atoms with Crippen LogP contribution >= 0.6 is 0 Å². The number of carbonyl (C=O) groups is 2. The molecule has 186 valence electrons. The molecule has 3 aromatic rings. The third kappa shape index (κ3) is 6.22. The van der Waals surface area contributed by atoms with Crippen LogP contribution in [0.25, 0.3) is 11.3 Å². The Morgan fingerprint density at radius 2 is 1.92 bits per heavy atom. The van der Waals surface area contributed by atoms with Crippen LogP contribution in [-0.4, -0.2) is 59.6 Å². The van der Waals surface area contributed by atoms with Crippen molar-refractivity contribution in [2.24, 2.45) is 0 Å². The van der Waals surface area contributed by atoms with Gasteiger partial charge in [-0.15, -0.1) is 0 Å². The summed E-state index contributed by atoms with van der Waals surface area (Å²) < 4.78 is 5.47. The van der Waals surface area contributed by atoms with E-state index in [1.54, 1.807) is 18.3 Å². The zero-order chi connectivity index (χ0) is 25.5. The monoisotopic (exact) mass is 487 g/mol. The van der Waals surface area contributed by atoms with Gasteiger partial charge in [0, 0.05) is 42.6 Å². The molecule has 4 rings (SSSR count). The third-order valence-corrected chi connectivity index (χ3v) is 5.79. The minimum Gasteiger partial charge on any atom is -0.378 e. The van der Waals surface area contributed by atoms with Gasteiger partial charge in [-0.25, -0.2) is 15.0 Å². The fraction of sp³-hybridized carbons (Fsp3) is 0.269. The molecule has 0 unspecified atom stereocenters. The first-order chi connectivity index (χ1) is 17.4. The number of benzene rings is 1. The van der Waals surface area contributed by atoms with Crippen molar-refractivity contribution in [3.63, 3.8) is 0 Å². The normalized spacial score (nSPS) is 13.2. The van der Waals surface area contributed by atoms with Crippen LogP contribution in [0.4, 0.5) is 17.5 Å². The van der Waals surface area contributed by atoms with Crippen molar-refractivity contribution >= 4 is 29.3 Å². The lowest BCUT2D eigenvalue weighted by Crippen LogP contribution is -2.37. The van der Waals surface area contributed by atoms with Gasteiger partial charge in [-0.05, 0) is 49.2 Å². The van der Waals surface area contributed by atoms with Crippen LogP contribution in [0.2, 0.25) is 0 Å². The van der Waals surface area contributed by atoms with Gasteiger partial charge in [0.2, 0.25) is 11.9 Å². The quantitative estimate of drug-likeness (QED) is 0.412. The van der Waals surface area contributed by atoms with E-state index in [-0.39, 0.29) is 17.8 Å². The predicted octanol–water partition coefficient (Wildman–Crippen LogP) is 2.36. The molecule has 1 saturated heterocycles. The molecule has 10 nitrogen and oxygen atoms in total. The lowest BCUT2D eigenvalue weighted by molar-refractivity contribution is -0.111. The van der Waals surface area contributed by atoms with E-state index in [0.717, 1.165) is 11.1 Å². The molecule has 0 aliphatic carbocycles. The van der Waals surface area contributed by atoms with E-state index >= 15 is 0 Å². The average molecular weight is 488 g/mol. The minimum absolute atomic E-state index is 0.190. The van der Waals surface area contributed by atoms with E-state index in [4.69, 9.17) is 15.5 Å². The highest BCUT2D eigenvalue weighted by atomic mass is 16.5. The van der Waals surface area contributed by atoms with Crippen LogP contribution < -0.4 is 21.3 Å². The van der Waals surface area contributed by atoms with E-state index in [2.05, 4.69) is 32.1 Å². The van der Waals surface area contributed by atoms with E-state index in [1.165, 1.54) is 6.08 Å². The molecule has 4 N–H and O–H groups in total. The smallest absolute Gasteiger partial charge is 0.251 e. The number of amides is 2. The van der Waals surface area contributed by atoms with Crippen LogP contribution in [0.3, 0.4) is 0 Å². The van der Waals surface area contributed by atoms with Crippen LogP contribution in [0.15, 0.2) is 55.3 Å². The van der Waals surface area contributed by atoms with Crippen molar-refractivity contribution in [1.29, 1.82) is 0 Å². The second-order valence-corrected chi connectivity index (χ2v) is 8.32. The Bertz CT molecular complexity index is 1250. The Morgan fingerprint density at radius 1 is 1.17 bits per heavy atom. The number of aromatic nitrogens is 3. The van der Waals surface area contributed by atoms with Gasteiger partial charge < -0.3 is 26.0 Å². The summed E-state index contributed by atoms with van der Waals surface area (Å²) in [6, 6.07) is 11.0. The number of nitrogen functional groups attached to an aromatic ring is 1. The summed E-state index contributed by atoms with van der Waals surface area (Å²) in [5, 5.41) is 5.70. The first kappa shape index (κ1) is 24.8. The first-order valence-corrected chi connectivity index (χ1v) is 11.7. The largest absolute Gasteiger partial charge is 0.378 e. The Labute approximate surface area is 209 Å². The van der Waals surface area contributed by atoms with Gasteiger partial charge in [0.05, 0.1) is 24.6 Å². The SMILES string of the molecule is C=CC(=O)Nc1ccc(CCNC(=O)c2cc(-c3cnc(N)nc3C)nc(N3CCOCC3)c2)cc1. The highest BCUT2D eigenvalue weighted by molar-refractivity contribution is 5.98. The molecule has 0 bridgehead atoms. The van der Waals surface area contributed by atoms with E-state index in [0.29, 0.717) is 67.7 Å². The number of ether oxygens (including phenoxy) is 1. The third-order valence-electron chi connectivity index (χ3n) is 5.79. The fourth-order valence-corrected chi connectivity index (χ4v) is 3.85. The number of pyridine rings is 1. The van der Waals surface area contributed by atoms with Gasteiger partial charge in [0.15, 0.2) is 0 Å². The molecule has 1 aliphatic rings. The number of nitrogens with two attached hydrogens (primary N) is 1. The molecular weight excluding hydrogens is 458 g/mol. The molecule has 1 fully saturated rings. The van der Waals surface area contributed by atoms with Crippen molar-refractivity contribution in [3.05, 3.63) is 72.1 Å². The summed E-state index contributed by atoms with van der Waals surface area (Å²) in [5.41, 5.74) is 9.96. The van der Waals surface area contributed by atoms with Crippen molar-refractivity contribution < 1.29 is 14.3 Å². The molecule has 3 heterocycles. The Morgan fingerprint density at radius 3 is 2.61 bits per heavy atom. The number of hydrogen-bond acceptors (Lipinski definition) is 8. The number of rotatable bonds is 8. The van der Waals surface area contributed by atoms with E-state index in [9.17, 15) is 9.59 Å². The molecule has 36 heavy (non-hydrogen) atoms. The number of hydrogen-bond donors (Lipinski definition) is 3. The zero-order valence-electron chi connectivity index (χ0n) is 20.2. The van der Waals surface area contributed by atoms with Gasteiger partial charge in [0.1, 0.15) is 5.82 Å². The van der Waals surface area contributed by atoms with Gasteiger partial charge in [-0.3, -0.25) is 9.59 Å². The molecule has 1 aromatic carbocycles. The van der Waals surface area contributed by atoms with Crippen molar-refractivity contribution in [2.75, 3.05) is 48.8 Å². The highest BCUT2D eigenvalue weighted by Gasteiger charge is 2.18. The Kier molecular flexibility index (Phi) is 7.86. The summed E-state index contributed by atoms with van der Waals surface area (Å²) in [7, 11) is 0. The van der Waals surface area contributed by atoms with Crippen LogP contribution in [0.1, 0.15) is 21.6 Å². The lowest BCUT2D eigenvalue weighted by Gasteiger charge is -2.28. The van der Waals surface area contributed by atoms with E-state index in [1.807, 2.05) is 31.2 Å². The molecule has 0 spiro atoms. The highest BCUT2D eigenvalue weighted by Crippen LogP contribution is 2.25. The van der Waals surface area contributed by atoms with Gasteiger partial charge in [-0.1, -0.05) is 18.7 Å². The Hall–Kier alpha value is -4.31. The molecular formula is C26H29N7O3. The maximum Gasteiger partial charge on any atom is 0.251 e. The predicted molar refractivity (Wildman–Crippen MR) is 139 cm³/mol. The Balaban J connectivity index is 1.49. The number of carbonyl (C=O) groups excluding carboxylic acids is 2. The van der Waals surface area contributed by atoms with Crippen LogP contribution in [-0.2, 0) is 16.0 Å². The second kappa shape index (κ2) is 11.4.